The molecular formula is C12H18FN5O. The molecule has 0 saturated heterocycles. The third kappa shape index (κ3) is 4.23. The Bertz CT molecular complexity index is 456. The van der Waals surface area contributed by atoms with Gasteiger partial charge in [0, 0.05) is 24.7 Å². The number of hydrogen-bond donors (Lipinski definition) is 3. The maximum atomic E-state index is 12.3. The van der Waals surface area contributed by atoms with Gasteiger partial charge in [0.15, 0.2) is 5.84 Å². The molecule has 0 amide bonds. The summed E-state index contributed by atoms with van der Waals surface area (Å²) in [6.07, 6.45) is 0.455. The monoisotopic (exact) mass is 267 g/mol. The largest absolute Gasteiger partial charge is 0.489 e. The Hall–Kier alpha value is -2.12. The summed E-state index contributed by atoms with van der Waals surface area (Å²) >= 11 is 0. The van der Waals surface area contributed by atoms with Crippen LogP contribution in [0.4, 0.5) is 4.39 Å². The molecule has 1 rings (SSSR count). The van der Waals surface area contributed by atoms with E-state index in [0.717, 1.165) is 5.56 Å². The molecule has 1 aromatic rings. The van der Waals surface area contributed by atoms with E-state index in [9.17, 15) is 4.39 Å². The maximum absolute atomic E-state index is 12.3. The second-order valence-corrected chi connectivity index (χ2v) is 3.85. The van der Waals surface area contributed by atoms with Crippen molar-refractivity contribution < 1.29 is 9.13 Å². The zero-order valence-electron chi connectivity index (χ0n) is 10.7. The molecule has 0 spiro atoms. The van der Waals surface area contributed by atoms with Gasteiger partial charge in [-0.15, -0.1) is 0 Å². The molecule has 0 bridgehead atoms. The summed E-state index contributed by atoms with van der Waals surface area (Å²) in [6, 6.07) is 6.95. The number of hydrazone groups is 1. The lowest BCUT2D eigenvalue weighted by atomic mass is 10.2. The summed E-state index contributed by atoms with van der Waals surface area (Å²) < 4.78 is 17.7. The predicted molar refractivity (Wildman–Crippen MR) is 72.9 cm³/mol. The number of nitrogens with two attached hydrogens (primary N) is 3. The Morgan fingerprint density at radius 2 is 2.05 bits per heavy atom. The van der Waals surface area contributed by atoms with Crippen molar-refractivity contribution in [3.05, 3.63) is 41.7 Å². The number of hydrogen-bond acceptors (Lipinski definition) is 5. The van der Waals surface area contributed by atoms with Crippen molar-refractivity contribution in [2.45, 2.75) is 0 Å². The van der Waals surface area contributed by atoms with Gasteiger partial charge in [0.1, 0.15) is 12.4 Å². The van der Waals surface area contributed by atoms with Gasteiger partial charge in [-0.2, -0.15) is 5.10 Å². The molecule has 0 aliphatic carbocycles. The van der Waals surface area contributed by atoms with Crippen LogP contribution < -0.4 is 22.2 Å². The van der Waals surface area contributed by atoms with E-state index in [-0.39, 0.29) is 13.2 Å². The normalized spacial score (nSPS) is 12.4. The van der Waals surface area contributed by atoms with E-state index in [1.165, 1.54) is 5.01 Å². The summed E-state index contributed by atoms with van der Waals surface area (Å²) in [5.74, 6) is 11.9. The lowest BCUT2D eigenvalue weighted by molar-refractivity contribution is 0.347. The van der Waals surface area contributed by atoms with Crippen LogP contribution in [-0.4, -0.2) is 31.0 Å². The predicted octanol–water partition coefficient (Wildman–Crippen LogP) is 0.303. The molecule has 7 heteroatoms. The molecule has 0 saturated carbocycles. The van der Waals surface area contributed by atoms with Crippen LogP contribution in [0.25, 0.3) is 0 Å². The van der Waals surface area contributed by atoms with E-state index >= 15 is 0 Å². The van der Waals surface area contributed by atoms with Crippen molar-refractivity contribution in [1.82, 2.24) is 5.01 Å². The topological polar surface area (TPSA) is 103 Å². The molecule has 1 aromatic carbocycles. The highest BCUT2D eigenvalue weighted by Gasteiger charge is 2.06. The van der Waals surface area contributed by atoms with E-state index in [0.29, 0.717) is 23.5 Å². The number of rotatable bonds is 5. The van der Waals surface area contributed by atoms with Gasteiger partial charge in [-0.1, -0.05) is 0 Å². The molecule has 6 N–H and O–H groups in total. The molecule has 0 aliphatic rings. The van der Waals surface area contributed by atoms with E-state index in [2.05, 4.69) is 5.10 Å². The number of amidine groups is 1. The molecule has 0 aromatic heterocycles. The zero-order valence-corrected chi connectivity index (χ0v) is 10.7. The number of ether oxygens (including phenoxy) is 1. The van der Waals surface area contributed by atoms with Gasteiger partial charge in [0.25, 0.3) is 0 Å². The fraction of sp³-hybridized carbons (Fsp3) is 0.250. The fourth-order valence-electron chi connectivity index (χ4n) is 1.38. The average Bonchev–Trinajstić information content (AvgIpc) is 2.42. The van der Waals surface area contributed by atoms with Crippen LogP contribution in [0, 0.1) is 0 Å². The van der Waals surface area contributed by atoms with Gasteiger partial charge in [-0.25, -0.2) is 10.2 Å². The van der Waals surface area contributed by atoms with Crippen molar-refractivity contribution in [1.29, 1.82) is 0 Å². The highest BCUT2D eigenvalue weighted by Crippen LogP contribution is 2.14. The lowest BCUT2D eigenvalue weighted by Crippen LogP contribution is -2.34. The van der Waals surface area contributed by atoms with Gasteiger partial charge in [0.05, 0.1) is 6.33 Å². The minimum Gasteiger partial charge on any atom is -0.489 e. The molecule has 0 atom stereocenters. The van der Waals surface area contributed by atoms with Crippen LogP contribution in [0.15, 0.2) is 41.3 Å². The molecule has 6 nitrogen and oxygen atoms in total. The van der Waals surface area contributed by atoms with Crippen LogP contribution in [0.2, 0.25) is 0 Å². The first-order valence-corrected chi connectivity index (χ1v) is 5.60. The maximum Gasteiger partial charge on any atom is 0.169 e. The molecule has 0 unspecified atom stereocenters. The Kier molecular flexibility index (Phi) is 5.77. The van der Waals surface area contributed by atoms with Crippen molar-refractivity contribution >= 4 is 5.84 Å². The van der Waals surface area contributed by atoms with E-state index in [4.69, 9.17) is 22.2 Å². The average molecular weight is 267 g/mol. The highest BCUT2D eigenvalue weighted by atomic mass is 19.1. The summed E-state index contributed by atoms with van der Waals surface area (Å²) in [5, 5.41) is 4.90. The molecule has 0 radical (unpaired) electrons. The van der Waals surface area contributed by atoms with Gasteiger partial charge in [-0.3, -0.25) is 5.01 Å². The van der Waals surface area contributed by atoms with Crippen LogP contribution >= 0.6 is 0 Å². The molecule has 104 valence electrons. The van der Waals surface area contributed by atoms with Crippen molar-refractivity contribution in [2.24, 2.45) is 22.5 Å². The molecule has 19 heavy (non-hydrogen) atoms. The zero-order chi connectivity index (χ0) is 14.3. The summed E-state index contributed by atoms with van der Waals surface area (Å²) in [4.78, 5) is 0. The van der Waals surface area contributed by atoms with E-state index in [1.807, 2.05) is 0 Å². The first-order chi connectivity index (χ1) is 9.12. The van der Waals surface area contributed by atoms with Crippen molar-refractivity contribution in [2.75, 3.05) is 20.2 Å². The van der Waals surface area contributed by atoms with E-state index in [1.54, 1.807) is 31.3 Å². The van der Waals surface area contributed by atoms with Gasteiger partial charge < -0.3 is 16.3 Å². The number of nitrogens with zero attached hydrogens (tertiary/aromatic N) is 2. The van der Waals surface area contributed by atoms with Crippen molar-refractivity contribution in [3.63, 3.8) is 0 Å². The number of halogens is 1. The third-order valence-electron chi connectivity index (χ3n) is 2.41. The number of benzene rings is 1. The van der Waals surface area contributed by atoms with Crippen LogP contribution in [0.5, 0.6) is 5.75 Å². The lowest BCUT2D eigenvalue weighted by Gasteiger charge is -2.14. The first-order valence-electron chi connectivity index (χ1n) is 5.60. The van der Waals surface area contributed by atoms with Crippen LogP contribution in [-0.2, 0) is 0 Å². The number of hydrazine groups is 1. The highest BCUT2D eigenvalue weighted by molar-refractivity contribution is 5.98. The Balaban J connectivity index is 2.72. The quantitative estimate of drug-likeness (QED) is 0.308. The molecule has 0 heterocycles. The van der Waals surface area contributed by atoms with Crippen LogP contribution in [0.1, 0.15) is 5.56 Å². The fourth-order valence-corrected chi connectivity index (χ4v) is 1.38. The Labute approximate surface area is 111 Å². The van der Waals surface area contributed by atoms with Crippen molar-refractivity contribution in [3.8, 4) is 5.75 Å². The van der Waals surface area contributed by atoms with Gasteiger partial charge >= 0.3 is 0 Å². The first kappa shape index (κ1) is 14.9. The Morgan fingerprint density at radius 1 is 1.42 bits per heavy atom. The summed E-state index contributed by atoms with van der Waals surface area (Å²) in [7, 11) is 1.63. The molecular weight excluding hydrogens is 249 g/mol. The van der Waals surface area contributed by atoms with Gasteiger partial charge in [0.2, 0.25) is 0 Å². The minimum atomic E-state index is 0.112. The standard InChI is InChI=1S/C12H18FN5O/c1-18(16)12(17-15)10-2-4-11(5-3-10)19-8-9(6-13)7-14/h2-6H,7-8,14-16H2,1H3/b9-6-,17-12-. The van der Waals surface area contributed by atoms with Crippen LogP contribution in [0.3, 0.4) is 0 Å². The Morgan fingerprint density at radius 3 is 2.47 bits per heavy atom. The third-order valence-corrected chi connectivity index (χ3v) is 2.41. The second kappa shape index (κ2) is 7.34. The summed E-state index contributed by atoms with van der Waals surface area (Å²) in [6.45, 7) is 0.234. The minimum absolute atomic E-state index is 0.112. The smallest absolute Gasteiger partial charge is 0.169 e. The van der Waals surface area contributed by atoms with E-state index < -0.39 is 0 Å². The molecule has 0 aliphatic heterocycles. The van der Waals surface area contributed by atoms with Gasteiger partial charge in [-0.05, 0) is 24.3 Å². The second-order valence-electron chi connectivity index (χ2n) is 3.85. The molecule has 0 fully saturated rings. The summed E-state index contributed by atoms with van der Waals surface area (Å²) in [5.41, 5.74) is 6.46. The SMILES string of the molecule is CN(N)/C(=N\N)c1ccc(OC/C(=C\F)CN)cc1.